The van der Waals surface area contributed by atoms with E-state index in [9.17, 15) is 40.2 Å². The second kappa shape index (κ2) is 12.4. The summed E-state index contributed by atoms with van der Waals surface area (Å²) < 4.78 is 6.09. The van der Waals surface area contributed by atoms with Gasteiger partial charge in [0.05, 0.1) is 29.8 Å². The predicted molar refractivity (Wildman–Crippen MR) is 191 cm³/mol. The topological polar surface area (TPSA) is 177 Å². The van der Waals surface area contributed by atoms with Gasteiger partial charge in [-0.05, 0) is 112 Å². The Bertz CT molecular complexity index is 1630. The molecule has 0 aromatic heterocycles. The van der Waals surface area contributed by atoms with Crippen LogP contribution in [-0.4, -0.2) is 91.1 Å². The molecular formula is C42H59NO9. The van der Waals surface area contributed by atoms with Crippen molar-refractivity contribution >= 4 is 12.3 Å². The molecule has 0 radical (unpaired) electrons. The molecule has 6 saturated carbocycles. The Morgan fingerprint density at radius 2 is 1.71 bits per heavy atom. The van der Waals surface area contributed by atoms with E-state index >= 15 is 0 Å². The molecule has 1 heterocycles. The second-order valence-electron chi connectivity index (χ2n) is 18.6. The molecule has 16 atom stereocenters. The van der Waals surface area contributed by atoms with E-state index in [1.807, 2.05) is 38.2 Å². The Hall–Kier alpha value is -2.18. The summed E-state index contributed by atoms with van der Waals surface area (Å²) in [6.45, 7) is 6.12. The summed E-state index contributed by atoms with van der Waals surface area (Å²) >= 11 is 0. The summed E-state index contributed by atoms with van der Waals surface area (Å²) in [5, 5.41) is 77.9. The minimum Gasteiger partial charge on any atom is -0.454 e. The van der Waals surface area contributed by atoms with Crippen LogP contribution in [-0.2, 0) is 27.4 Å². The maximum absolute atomic E-state index is 13.7. The zero-order valence-corrected chi connectivity index (χ0v) is 31.1. The molecular weight excluding hydrogens is 662 g/mol. The monoisotopic (exact) mass is 721 g/mol. The van der Waals surface area contributed by atoms with E-state index in [4.69, 9.17) is 4.74 Å². The van der Waals surface area contributed by atoms with Gasteiger partial charge in [0.25, 0.3) is 0 Å². The number of hydrogen-bond acceptors (Lipinski definition) is 10. The number of likely N-dealkylation sites (N-methyl/N-ethyl adjacent to an activating group) is 1. The molecule has 0 bridgehead atoms. The first-order chi connectivity index (χ1) is 24.7. The fourth-order valence-corrected chi connectivity index (χ4v) is 14.4. The average molecular weight is 722 g/mol. The number of carbonyl (C=O) groups is 2. The summed E-state index contributed by atoms with van der Waals surface area (Å²) in [6.07, 6.45) is 3.67. The van der Waals surface area contributed by atoms with Gasteiger partial charge in [-0.25, -0.2) is 4.79 Å². The number of aldehydes is 1. The van der Waals surface area contributed by atoms with Gasteiger partial charge in [-0.2, -0.15) is 0 Å². The van der Waals surface area contributed by atoms with Crippen molar-refractivity contribution in [2.45, 2.75) is 133 Å². The highest BCUT2D eigenvalue weighted by Gasteiger charge is 2.84. The molecule has 8 rings (SSSR count). The first-order valence-electron chi connectivity index (χ1n) is 19.9. The number of nitrogens with one attached hydrogen (secondary N) is 1. The van der Waals surface area contributed by atoms with Crippen LogP contribution in [0.3, 0.4) is 0 Å². The van der Waals surface area contributed by atoms with Crippen molar-refractivity contribution in [1.29, 1.82) is 0 Å². The van der Waals surface area contributed by atoms with Crippen molar-refractivity contribution in [2.24, 2.45) is 58.2 Å². The van der Waals surface area contributed by atoms with Gasteiger partial charge in [0.2, 0.25) is 0 Å². The Morgan fingerprint density at radius 1 is 0.981 bits per heavy atom. The SMILES string of the molecule is CNC(Cc1ccccc1CO)C1CC2CC3(O)C(C)(CCC4C5(C=O)CCC(O)C6CCC(C(C)C)CC(C(O)C43O)C65O)C2C2=CC(=O)OC21. The average Bonchev–Trinajstić information content (AvgIpc) is 3.55. The molecule has 10 heteroatoms. The van der Waals surface area contributed by atoms with E-state index in [-0.39, 0.29) is 55.1 Å². The van der Waals surface area contributed by atoms with Crippen LogP contribution in [0.5, 0.6) is 0 Å². The molecule has 7 aliphatic rings. The molecule has 52 heavy (non-hydrogen) atoms. The van der Waals surface area contributed by atoms with Crippen LogP contribution in [0.15, 0.2) is 35.9 Å². The lowest BCUT2D eigenvalue weighted by atomic mass is 9.35. The number of carbonyl (C=O) groups excluding carboxylic acids is 2. The molecule has 16 unspecified atom stereocenters. The van der Waals surface area contributed by atoms with Gasteiger partial charge in [0, 0.05) is 41.2 Å². The van der Waals surface area contributed by atoms with Gasteiger partial charge in [-0.3, -0.25) is 0 Å². The molecule has 0 saturated heterocycles. The largest absolute Gasteiger partial charge is 0.454 e. The molecule has 6 aliphatic carbocycles. The fourth-order valence-electron chi connectivity index (χ4n) is 14.4. The number of esters is 1. The molecule has 0 spiro atoms. The van der Waals surface area contributed by atoms with E-state index in [0.29, 0.717) is 44.9 Å². The van der Waals surface area contributed by atoms with Crippen LogP contribution in [0.1, 0.15) is 89.7 Å². The smallest absolute Gasteiger partial charge is 0.331 e. The van der Waals surface area contributed by atoms with Crippen LogP contribution in [0.4, 0.5) is 0 Å². The van der Waals surface area contributed by atoms with Gasteiger partial charge in [0.1, 0.15) is 23.6 Å². The van der Waals surface area contributed by atoms with Gasteiger partial charge in [-0.15, -0.1) is 0 Å². The molecule has 0 amide bonds. The van der Waals surface area contributed by atoms with Crippen LogP contribution in [0.25, 0.3) is 0 Å². The molecule has 1 aromatic rings. The minimum absolute atomic E-state index is 0.0875. The predicted octanol–water partition coefficient (Wildman–Crippen LogP) is 2.83. The van der Waals surface area contributed by atoms with Gasteiger partial charge in [0.15, 0.2) is 0 Å². The van der Waals surface area contributed by atoms with Crippen molar-refractivity contribution in [2.75, 3.05) is 7.05 Å². The maximum atomic E-state index is 13.7. The summed E-state index contributed by atoms with van der Waals surface area (Å²) in [7, 11) is 1.89. The number of benzene rings is 1. The standard InChI is InChI=1S/C42H59NO9/c1-22(2)23-9-10-29-32(46)11-14-39(21-45)33-12-13-38(3)35-26(19-40(38,49)42(33,51)37(48)30(16-23)41(29,39)50)15-27(36-28(35)18-34(47)52-36)31(43-4)17-24-7-5-6-8-25(24)20-44/h5-8,18,21-23,26-27,29-33,35-37,43-44,46,48-51H,9-17,19-20H2,1-4H3. The zero-order chi connectivity index (χ0) is 37.2. The quantitative estimate of drug-likeness (QED) is 0.164. The zero-order valence-electron chi connectivity index (χ0n) is 31.1. The Morgan fingerprint density at radius 3 is 2.38 bits per heavy atom. The summed E-state index contributed by atoms with van der Waals surface area (Å²) in [5.74, 6) is -3.25. The van der Waals surface area contributed by atoms with E-state index in [1.54, 1.807) is 6.08 Å². The van der Waals surface area contributed by atoms with Crippen molar-refractivity contribution in [3.8, 4) is 0 Å². The lowest BCUT2D eigenvalue weighted by Gasteiger charge is -2.72. The molecule has 286 valence electrons. The van der Waals surface area contributed by atoms with E-state index < -0.39 is 69.7 Å². The normalized spacial score (nSPS) is 49.8. The van der Waals surface area contributed by atoms with Gasteiger partial charge < -0.3 is 45.5 Å². The molecule has 10 nitrogen and oxygen atoms in total. The minimum atomic E-state index is -2.13. The second-order valence-corrected chi connectivity index (χ2v) is 18.6. The number of ether oxygens (including phenoxy) is 1. The van der Waals surface area contributed by atoms with Crippen molar-refractivity contribution in [3.05, 3.63) is 47.0 Å². The van der Waals surface area contributed by atoms with Crippen LogP contribution < -0.4 is 5.32 Å². The number of aliphatic hydroxyl groups is 6. The lowest BCUT2D eigenvalue weighted by Crippen LogP contribution is -2.85. The Balaban J connectivity index is 1.23. The lowest BCUT2D eigenvalue weighted by molar-refractivity contribution is -0.373. The summed E-state index contributed by atoms with van der Waals surface area (Å²) in [4.78, 5) is 26.9. The number of hydrogen-bond donors (Lipinski definition) is 7. The maximum Gasteiger partial charge on any atom is 0.331 e. The highest BCUT2D eigenvalue weighted by molar-refractivity contribution is 5.86. The van der Waals surface area contributed by atoms with Crippen LogP contribution >= 0.6 is 0 Å². The van der Waals surface area contributed by atoms with E-state index in [0.717, 1.165) is 29.4 Å². The summed E-state index contributed by atoms with van der Waals surface area (Å²) in [5.41, 5.74) is -5.50. The first-order valence-corrected chi connectivity index (χ1v) is 19.9. The molecule has 1 aromatic carbocycles. The number of aliphatic hydroxyl groups excluding tert-OH is 3. The van der Waals surface area contributed by atoms with Crippen molar-refractivity contribution < 1.29 is 45.0 Å². The van der Waals surface area contributed by atoms with E-state index in [1.165, 1.54) is 0 Å². The van der Waals surface area contributed by atoms with Crippen molar-refractivity contribution in [3.63, 3.8) is 0 Å². The Kier molecular flexibility index (Phi) is 8.78. The third-order valence-corrected chi connectivity index (χ3v) is 16.8. The summed E-state index contributed by atoms with van der Waals surface area (Å²) in [6, 6.07) is 7.63. The highest BCUT2D eigenvalue weighted by atomic mass is 16.5. The van der Waals surface area contributed by atoms with Gasteiger partial charge >= 0.3 is 5.97 Å². The molecule has 7 N–H and O–H groups in total. The van der Waals surface area contributed by atoms with Gasteiger partial charge in [-0.1, -0.05) is 45.0 Å². The van der Waals surface area contributed by atoms with Crippen LogP contribution in [0, 0.1) is 58.2 Å². The van der Waals surface area contributed by atoms with E-state index in [2.05, 4.69) is 19.2 Å². The third kappa shape index (κ3) is 4.49. The highest BCUT2D eigenvalue weighted by Crippen LogP contribution is 2.76. The third-order valence-electron chi connectivity index (χ3n) is 16.8. The number of fused-ring (bicyclic) bond motifs is 8. The molecule has 6 fully saturated rings. The van der Waals surface area contributed by atoms with Crippen molar-refractivity contribution in [1.82, 2.24) is 5.32 Å². The Labute approximate surface area is 307 Å². The fraction of sp³-hybridized carbons (Fsp3) is 0.762. The molecule has 1 aliphatic heterocycles. The first kappa shape index (κ1) is 36.8. The number of rotatable bonds is 7. The van der Waals surface area contributed by atoms with Crippen LogP contribution in [0.2, 0.25) is 0 Å².